The van der Waals surface area contributed by atoms with E-state index in [-0.39, 0.29) is 5.78 Å². The minimum absolute atomic E-state index is 0.231. The topological polar surface area (TPSA) is 20.3 Å². The average molecular weight is 245 g/mol. The van der Waals surface area contributed by atoms with E-state index < -0.39 is 0 Å². The molecule has 1 heterocycles. The number of carbonyl (C=O) groups is 1. The van der Waals surface area contributed by atoms with E-state index in [1.807, 2.05) is 19.1 Å². The molecule has 0 amide bonds. The summed E-state index contributed by atoms with van der Waals surface area (Å²) in [6, 6.07) is 8.15. The SMILES string of the molecule is CCC(=O)c1ccc(N2CCCCCCC2)cc1. The Labute approximate surface area is 110 Å². The molecule has 0 saturated carbocycles. The van der Waals surface area contributed by atoms with Gasteiger partial charge in [-0.05, 0) is 37.1 Å². The van der Waals surface area contributed by atoms with Crippen LogP contribution in [0.2, 0.25) is 0 Å². The predicted octanol–water partition coefficient (Wildman–Crippen LogP) is 4.05. The molecule has 1 aliphatic heterocycles. The molecule has 1 aromatic rings. The molecule has 18 heavy (non-hydrogen) atoms. The molecule has 0 aromatic heterocycles. The fraction of sp³-hybridized carbons (Fsp3) is 0.562. The molecular formula is C16H23NO. The Hall–Kier alpha value is -1.31. The Morgan fingerprint density at radius 1 is 1.00 bits per heavy atom. The van der Waals surface area contributed by atoms with Gasteiger partial charge < -0.3 is 4.90 Å². The molecule has 1 aliphatic rings. The van der Waals surface area contributed by atoms with E-state index in [2.05, 4.69) is 17.0 Å². The number of benzene rings is 1. The first kappa shape index (κ1) is 13.1. The second-order valence-electron chi connectivity index (χ2n) is 5.08. The molecule has 0 N–H and O–H groups in total. The molecule has 0 bridgehead atoms. The van der Waals surface area contributed by atoms with Crippen molar-refractivity contribution in [2.75, 3.05) is 18.0 Å². The Balaban J connectivity index is 2.05. The number of hydrogen-bond acceptors (Lipinski definition) is 2. The number of hydrogen-bond donors (Lipinski definition) is 0. The first-order valence-electron chi connectivity index (χ1n) is 7.19. The number of rotatable bonds is 3. The predicted molar refractivity (Wildman–Crippen MR) is 76.4 cm³/mol. The first-order valence-corrected chi connectivity index (χ1v) is 7.19. The van der Waals surface area contributed by atoms with Gasteiger partial charge in [0.2, 0.25) is 0 Å². The highest BCUT2D eigenvalue weighted by molar-refractivity contribution is 5.96. The van der Waals surface area contributed by atoms with Gasteiger partial charge >= 0.3 is 0 Å². The Morgan fingerprint density at radius 3 is 2.11 bits per heavy atom. The van der Waals surface area contributed by atoms with E-state index in [1.165, 1.54) is 37.8 Å². The van der Waals surface area contributed by atoms with Crippen LogP contribution in [0.5, 0.6) is 0 Å². The van der Waals surface area contributed by atoms with E-state index >= 15 is 0 Å². The maximum Gasteiger partial charge on any atom is 0.162 e. The second kappa shape index (κ2) is 6.58. The Morgan fingerprint density at radius 2 is 1.56 bits per heavy atom. The van der Waals surface area contributed by atoms with Crippen LogP contribution in [0.3, 0.4) is 0 Å². The lowest BCUT2D eigenvalue weighted by molar-refractivity contribution is 0.0988. The molecule has 0 radical (unpaired) electrons. The summed E-state index contributed by atoms with van der Waals surface area (Å²) >= 11 is 0. The summed E-state index contributed by atoms with van der Waals surface area (Å²) in [4.78, 5) is 14.0. The fourth-order valence-electron chi connectivity index (χ4n) is 2.57. The summed E-state index contributed by atoms with van der Waals surface area (Å²) in [5.41, 5.74) is 2.11. The van der Waals surface area contributed by atoms with Crippen molar-refractivity contribution in [1.29, 1.82) is 0 Å². The zero-order chi connectivity index (χ0) is 12.8. The standard InChI is InChI=1S/C16H23NO/c1-2-16(18)14-8-10-15(11-9-14)17-12-6-4-3-5-7-13-17/h8-11H,2-7,12-13H2,1H3. The van der Waals surface area contributed by atoms with E-state index in [0.29, 0.717) is 6.42 Å². The van der Waals surface area contributed by atoms with Crippen molar-refractivity contribution in [1.82, 2.24) is 0 Å². The zero-order valence-electron chi connectivity index (χ0n) is 11.3. The van der Waals surface area contributed by atoms with Crippen molar-refractivity contribution in [3.05, 3.63) is 29.8 Å². The zero-order valence-corrected chi connectivity index (χ0v) is 11.3. The number of ketones is 1. The van der Waals surface area contributed by atoms with Crippen LogP contribution < -0.4 is 4.90 Å². The van der Waals surface area contributed by atoms with Crippen molar-refractivity contribution < 1.29 is 4.79 Å². The number of anilines is 1. The van der Waals surface area contributed by atoms with Crippen LogP contribution in [-0.4, -0.2) is 18.9 Å². The molecular weight excluding hydrogens is 222 g/mol. The normalized spacial score (nSPS) is 17.1. The minimum atomic E-state index is 0.231. The molecule has 1 fully saturated rings. The van der Waals surface area contributed by atoms with Crippen molar-refractivity contribution in [3.8, 4) is 0 Å². The van der Waals surface area contributed by atoms with Gasteiger partial charge in [-0.25, -0.2) is 0 Å². The highest BCUT2D eigenvalue weighted by Gasteiger charge is 2.09. The molecule has 0 unspecified atom stereocenters. The van der Waals surface area contributed by atoms with Gasteiger partial charge in [-0.2, -0.15) is 0 Å². The van der Waals surface area contributed by atoms with Gasteiger partial charge in [-0.1, -0.05) is 26.2 Å². The van der Waals surface area contributed by atoms with E-state index in [0.717, 1.165) is 18.7 Å². The molecule has 1 aromatic carbocycles. The van der Waals surface area contributed by atoms with Crippen LogP contribution in [0.15, 0.2) is 24.3 Å². The van der Waals surface area contributed by atoms with Gasteiger partial charge in [-0.15, -0.1) is 0 Å². The highest BCUT2D eigenvalue weighted by atomic mass is 16.1. The van der Waals surface area contributed by atoms with Crippen molar-refractivity contribution in [2.24, 2.45) is 0 Å². The third kappa shape index (κ3) is 3.34. The van der Waals surface area contributed by atoms with Crippen LogP contribution >= 0.6 is 0 Å². The molecule has 0 atom stereocenters. The third-order valence-electron chi connectivity index (χ3n) is 3.73. The van der Waals surface area contributed by atoms with Crippen LogP contribution in [0, 0.1) is 0 Å². The van der Waals surface area contributed by atoms with Gasteiger partial charge in [0.1, 0.15) is 0 Å². The summed E-state index contributed by atoms with van der Waals surface area (Å²) in [6.45, 7) is 4.22. The van der Waals surface area contributed by atoms with E-state index in [4.69, 9.17) is 0 Å². The summed E-state index contributed by atoms with van der Waals surface area (Å²) in [7, 11) is 0. The third-order valence-corrected chi connectivity index (χ3v) is 3.73. The van der Waals surface area contributed by atoms with Gasteiger partial charge in [-0.3, -0.25) is 4.79 Å². The lowest BCUT2D eigenvalue weighted by Crippen LogP contribution is -2.26. The van der Waals surface area contributed by atoms with Gasteiger partial charge in [0.25, 0.3) is 0 Å². The molecule has 2 rings (SSSR count). The van der Waals surface area contributed by atoms with E-state index in [1.54, 1.807) is 0 Å². The maximum atomic E-state index is 11.6. The smallest absolute Gasteiger partial charge is 0.162 e. The molecule has 0 aliphatic carbocycles. The monoisotopic (exact) mass is 245 g/mol. The summed E-state index contributed by atoms with van der Waals surface area (Å²) in [6.07, 6.45) is 7.25. The van der Waals surface area contributed by atoms with Crippen LogP contribution in [0.25, 0.3) is 0 Å². The Bertz CT molecular complexity index is 375. The summed E-state index contributed by atoms with van der Waals surface area (Å²) in [5.74, 6) is 0.231. The van der Waals surface area contributed by atoms with Crippen LogP contribution in [-0.2, 0) is 0 Å². The Kier molecular flexibility index (Phi) is 4.80. The second-order valence-corrected chi connectivity index (χ2v) is 5.08. The minimum Gasteiger partial charge on any atom is -0.372 e. The number of nitrogens with zero attached hydrogens (tertiary/aromatic N) is 1. The molecule has 0 spiro atoms. The highest BCUT2D eigenvalue weighted by Crippen LogP contribution is 2.20. The van der Waals surface area contributed by atoms with Crippen LogP contribution in [0.4, 0.5) is 5.69 Å². The lowest BCUT2D eigenvalue weighted by atomic mass is 10.1. The van der Waals surface area contributed by atoms with Crippen LogP contribution in [0.1, 0.15) is 55.8 Å². The average Bonchev–Trinajstić information content (AvgIpc) is 2.38. The maximum absolute atomic E-state index is 11.6. The fourth-order valence-corrected chi connectivity index (χ4v) is 2.57. The molecule has 2 heteroatoms. The van der Waals surface area contributed by atoms with Crippen molar-refractivity contribution >= 4 is 11.5 Å². The molecule has 2 nitrogen and oxygen atoms in total. The number of Topliss-reactive ketones (excluding diaryl/α,β-unsaturated/α-hetero) is 1. The summed E-state index contributed by atoms with van der Waals surface area (Å²) in [5, 5.41) is 0. The van der Waals surface area contributed by atoms with Crippen molar-refractivity contribution in [2.45, 2.75) is 45.4 Å². The van der Waals surface area contributed by atoms with Crippen molar-refractivity contribution in [3.63, 3.8) is 0 Å². The lowest BCUT2D eigenvalue weighted by Gasteiger charge is -2.27. The largest absolute Gasteiger partial charge is 0.372 e. The first-order chi connectivity index (χ1) is 8.81. The molecule has 1 saturated heterocycles. The summed E-state index contributed by atoms with van der Waals surface area (Å²) < 4.78 is 0. The van der Waals surface area contributed by atoms with Gasteiger partial charge in [0.05, 0.1) is 0 Å². The molecule has 98 valence electrons. The van der Waals surface area contributed by atoms with Gasteiger partial charge in [0.15, 0.2) is 5.78 Å². The quantitative estimate of drug-likeness (QED) is 0.749. The van der Waals surface area contributed by atoms with E-state index in [9.17, 15) is 4.79 Å². The number of carbonyl (C=O) groups excluding carboxylic acids is 1. The van der Waals surface area contributed by atoms with Gasteiger partial charge in [0, 0.05) is 30.8 Å².